The maximum absolute atomic E-state index is 12.7. The summed E-state index contributed by atoms with van der Waals surface area (Å²) in [5, 5.41) is 0. The van der Waals surface area contributed by atoms with E-state index in [1.54, 1.807) is 23.5 Å². The number of benzene rings is 2. The molecule has 4 rings (SSSR count). The predicted molar refractivity (Wildman–Crippen MR) is 111 cm³/mol. The van der Waals surface area contributed by atoms with Crippen molar-refractivity contribution in [3.8, 4) is 17.2 Å². The van der Waals surface area contributed by atoms with Crippen LogP contribution in [0.4, 0.5) is 0 Å². The number of rotatable bonds is 6. The van der Waals surface area contributed by atoms with Crippen molar-refractivity contribution in [2.45, 2.75) is 13.5 Å². The lowest BCUT2D eigenvalue weighted by Gasteiger charge is -2.22. The van der Waals surface area contributed by atoms with Crippen LogP contribution in [0.5, 0.6) is 11.5 Å². The zero-order chi connectivity index (χ0) is 20.1. The van der Waals surface area contributed by atoms with Gasteiger partial charge < -0.3 is 18.9 Å². The second-order valence-corrected chi connectivity index (χ2v) is 6.73. The van der Waals surface area contributed by atoms with Crippen molar-refractivity contribution in [1.29, 1.82) is 0 Å². The minimum absolute atomic E-state index is 0.0268. The van der Waals surface area contributed by atoms with E-state index in [0.29, 0.717) is 26.3 Å². The highest BCUT2D eigenvalue weighted by Crippen LogP contribution is 2.31. The molecule has 0 fully saturated rings. The number of likely N-dealkylation sites (N-methyl/N-ethyl adjacent to an activating group) is 1. The standard InChI is InChI=1S/C23H23N3O3/c1-2-25(16-19-5-9-21-22(15-19)29-14-13-28-21)23(27)10-6-18-3-7-20(8-4-18)26-12-11-24-17-26/h3-12,15,17H,2,13-14,16H2,1H3. The highest BCUT2D eigenvalue weighted by Gasteiger charge is 2.14. The van der Waals surface area contributed by atoms with Crippen molar-refractivity contribution in [3.63, 3.8) is 0 Å². The molecule has 6 heteroatoms. The average Bonchev–Trinajstić information content (AvgIpc) is 3.31. The fraction of sp³-hybridized carbons (Fsp3) is 0.217. The molecule has 29 heavy (non-hydrogen) atoms. The molecule has 0 saturated carbocycles. The van der Waals surface area contributed by atoms with Crippen LogP contribution in [0.3, 0.4) is 0 Å². The molecule has 0 unspecified atom stereocenters. The largest absolute Gasteiger partial charge is 0.486 e. The Morgan fingerprint density at radius 1 is 1.14 bits per heavy atom. The Bertz CT molecular complexity index is 995. The van der Waals surface area contributed by atoms with E-state index in [0.717, 1.165) is 28.3 Å². The second kappa shape index (κ2) is 8.65. The summed E-state index contributed by atoms with van der Waals surface area (Å²) in [6, 6.07) is 13.8. The number of imidazole rings is 1. The second-order valence-electron chi connectivity index (χ2n) is 6.73. The van der Waals surface area contributed by atoms with Crippen LogP contribution >= 0.6 is 0 Å². The number of amides is 1. The number of carbonyl (C=O) groups is 1. The van der Waals surface area contributed by atoms with Gasteiger partial charge in [-0.2, -0.15) is 0 Å². The summed E-state index contributed by atoms with van der Waals surface area (Å²) in [6.45, 7) is 4.24. The number of hydrogen-bond acceptors (Lipinski definition) is 4. The van der Waals surface area contributed by atoms with E-state index >= 15 is 0 Å². The molecule has 0 saturated heterocycles. The van der Waals surface area contributed by atoms with Crippen LogP contribution in [0.15, 0.2) is 67.3 Å². The summed E-state index contributed by atoms with van der Waals surface area (Å²) in [5.74, 6) is 1.47. The number of fused-ring (bicyclic) bond motifs is 1. The summed E-state index contributed by atoms with van der Waals surface area (Å²) in [4.78, 5) is 18.5. The fourth-order valence-electron chi connectivity index (χ4n) is 3.19. The molecule has 6 nitrogen and oxygen atoms in total. The van der Waals surface area contributed by atoms with Crippen LogP contribution in [0.2, 0.25) is 0 Å². The van der Waals surface area contributed by atoms with Gasteiger partial charge >= 0.3 is 0 Å². The summed E-state index contributed by atoms with van der Waals surface area (Å²) in [6.07, 6.45) is 8.85. The molecule has 1 aliphatic rings. The third-order valence-corrected chi connectivity index (χ3v) is 4.79. The molecule has 1 amide bonds. The van der Waals surface area contributed by atoms with Gasteiger partial charge in [-0.15, -0.1) is 0 Å². The lowest BCUT2D eigenvalue weighted by molar-refractivity contribution is -0.126. The fourth-order valence-corrected chi connectivity index (χ4v) is 3.19. The van der Waals surface area contributed by atoms with E-state index in [9.17, 15) is 4.79 Å². The van der Waals surface area contributed by atoms with Crippen LogP contribution < -0.4 is 9.47 Å². The van der Waals surface area contributed by atoms with Gasteiger partial charge in [0.25, 0.3) is 0 Å². The third-order valence-electron chi connectivity index (χ3n) is 4.79. The van der Waals surface area contributed by atoms with Gasteiger partial charge in [0.05, 0.1) is 6.33 Å². The number of ether oxygens (including phenoxy) is 2. The van der Waals surface area contributed by atoms with E-state index in [2.05, 4.69) is 4.98 Å². The van der Waals surface area contributed by atoms with Crippen molar-refractivity contribution in [2.24, 2.45) is 0 Å². The van der Waals surface area contributed by atoms with Crippen molar-refractivity contribution in [2.75, 3.05) is 19.8 Å². The first-order chi connectivity index (χ1) is 14.2. The molecule has 0 N–H and O–H groups in total. The molecule has 2 aromatic carbocycles. The molecular formula is C23H23N3O3. The number of aromatic nitrogens is 2. The van der Waals surface area contributed by atoms with E-state index in [4.69, 9.17) is 9.47 Å². The van der Waals surface area contributed by atoms with Gasteiger partial charge in [-0.1, -0.05) is 18.2 Å². The summed E-state index contributed by atoms with van der Waals surface area (Å²) < 4.78 is 13.1. The summed E-state index contributed by atoms with van der Waals surface area (Å²) >= 11 is 0. The van der Waals surface area contributed by atoms with Crippen LogP contribution in [-0.2, 0) is 11.3 Å². The Hall–Kier alpha value is -3.54. The van der Waals surface area contributed by atoms with Crippen LogP contribution in [0, 0.1) is 0 Å². The molecule has 148 valence electrons. The van der Waals surface area contributed by atoms with Gasteiger partial charge in [0.15, 0.2) is 11.5 Å². The molecule has 0 aliphatic carbocycles. The minimum atomic E-state index is -0.0268. The highest BCUT2D eigenvalue weighted by atomic mass is 16.6. The molecule has 0 spiro atoms. The SMILES string of the molecule is CCN(Cc1ccc2c(c1)OCCO2)C(=O)C=Cc1ccc(-n2ccnc2)cc1. The van der Waals surface area contributed by atoms with E-state index < -0.39 is 0 Å². The summed E-state index contributed by atoms with van der Waals surface area (Å²) in [5.41, 5.74) is 3.01. The van der Waals surface area contributed by atoms with Gasteiger partial charge in [0.1, 0.15) is 13.2 Å². The average molecular weight is 389 g/mol. The Balaban J connectivity index is 1.41. The first kappa shape index (κ1) is 18.8. The Kier molecular flexibility index (Phi) is 5.61. The first-order valence-corrected chi connectivity index (χ1v) is 9.67. The molecule has 1 aliphatic heterocycles. The lowest BCUT2D eigenvalue weighted by Crippen LogP contribution is -2.28. The van der Waals surface area contributed by atoms with Crippen LogP contribution in [0.1, 0.15) is 18.1 Å². The van der Waals surface area contributed by atoms with Crippen LogP contribution in [-0.4, -0.2) is 40.1 Å². The topological polar surface area (TPSA) is 56.6 Å². The maximum atomic E-state index is 12.7. The molecule has 0 radical (unpaired) electrons. The third kappa shape index (κ3) is 4.48. The van der Waals surface area contributed by atoms with Crippen LogP contribution in [0.25, 0.3) is 11.8 Å². The van der Waals surface area contributed by atoms with E-state index in [-0.39, 0.29) is 5.91 Å². The molecule has 3 aromatic rings. The van der Waals surface area contributed by atoms with E-state index in [1.807, 2.05) is 66.2 Å². The normalized spacial score (nSPS) is 12.9. The monoisotopic (exact) mass is 389 g/mol. The van der Waals surface area contributed by atoms with Gasteiger partial charge in [-0.3, -0.25) is 4.79 Å². The number of carbonyl (C=O) groups excluding carboxylic acids is 1. The lowest BCUT2D eigenvalue weighted by atomic mass is 10.1. The van der Waals surface area contributed by atoms with Crippen molar-refractivity contribution in [3.05, 3.63) is 78.4 Å². The van der Waals surface area contributed by atoms with E-state index in [1.165, 1.54) is 0 Å². The van der Waals surface area contributed by atoms with Crippen molar-refractivity contribution < 1.29 is 14.3 Å². The zero-order valence-corrected chi connectivity index (χ0v) is 16.3. The minimum Gasteiger partial charge on any atom is -0.486 e. The van der Waals surface area contributed by atoms with Gasteiger partial charge in [0.2, 0.25) is 5.91 Å². The Morgan fingerprint density at radius 3 is 2.66 bits per heavy atom. The first-order valence-electron chi connectivity index (χ1n) is 9.67. The smallest absolute Gasteiger partial charge is 0.246 e. The molecule has 0 atom stereocenters. The zero-order valence-electron chi connectivity index (χ0n) is 16.3. The summed E-state index contributed by atoms with van der Waals surface area (Å²) in [7, 11) is 0. The predicted octanol–water partition coefficient (Wildman–Crippen LogP) is 3.71. The van der Waals surface area contributed by atoms with Gasteiger partial charge in [0, 0.05) is 37.2 Å². The Morgan fingerprint density at radius 2 is 1.93 bits per heavy atom. The number of nitrogens with zero attached hydrogens (tertiary/aromatic N) is 3. The van der Waals surface area contributed by atoms with Gasteiger partial charge in [-0.05, 0) is 48.4 Å². The quantitative estimate of drug-likeness (QED) is 0.603. The number of hydrogen-bond donors (Lipinski definition) is 0. The highest BCUT2D eigenvalue weighted by molar-refractivity contribution is 5.91. The Labute approximate surface area is 170 Å². The van der Waals surface area contributed by atoms with Crippen molar-refractivity contribution >= 4 is 12.0 Å². The molecule has 1 aromatic heterocycles. The molecular weight excluding hydrogens is 366 g/mol. The van der Waals surface area contributed by atoms with Crippen molar-refractivity contribution in [1.82, 2.24) is 14.5 Å². The molecule has 2 heterocycles. The maximum Gasteiger partial charge on any atom is 0.246 e. The molecule has 0 bridgehead atoms. The van der Waals surface area contributed by atoms with Gasteiger partial charge in [-0.25, -0.2) is 4.98 Å².